The summed E-state index contributed by atoms with van der Waals surface area (Å²) >= 11 is 0. The van der Waals surface area contributed by atoms with Crippen LogP contribution in [-0.4, -0.2) is 88.2 Å². The Kier molecular flexibility index (Phi) is 8.18. The third-order valence-corrected chi connectivity index (χ3v) is 7.52. The summed E-state index contributed by atoms with van der Waals surface area (Å²) in [6.45, 7) is 13.5. The Morgan fingerprint density at radius 3 is 2.54 bits per heavy atom. The number of hydrogen-bond donors (Lipinski definition) is 1. The van der Waals surface area contributed by atoms with Crippen LogP contribution in [0.2, 0.25) is 0 Å². The number of amides is 2. The molecule has 0 aromatic carbocycles. The van der Waals surface area contributed by atoms with Gasteiger partial charge >= 0.3 is 0 Å². The van der Waals surface area contributed by atoms with Crippen molar-refractivity contribution >= 4 is 11.8 Å². The molecular weight excluding hydrogens is 446 g/mol. The summed E-state index contributed by atoms with van der Waals surface area (Å²) in [5.41, 5.74) is 0. The number of carbonyl (C=O) groups is 2. The molecule has 9 heteroatoms. The Labute approximate surface area is 209 Å². The van der Waals surface area contributed by atoms with Crippen molar-refractivity contribution in [2.75, 3.05) is 32.8 Å². The van der Waals surface area contributed by atoms with E-state index >= 15 is 0 Å². The summed E-state index contributed by atoms with van der Waals surface area (Å²) in [6.07, 6.45) is 6.41. The summed E-state index contributed by atoms with van der Waals surface area (Å²) in [6, 6.07) is 1.31. The van der Waals surface area contributed by atoms with Crippen molar-refractivity contribution in [3.05, 3.63) is 18.5 Å². The molecule has 3 aliphatic rings. The smallest absolute Gasteiger partial charge is 0.245 e. The molecule has 4 heterocycles. The van der Waals surface area contributed by atoms with E-state index in [0.717, 1.165) is 13.0 Å². The van der Waals surface area contributed by atoms with Crippen molar-refractivity contribution in [2.45, 2.75) is 90.3 Å². The standard InChI is InChI=1S/C26H43N5O4/c1-18(2)13-22-24(32)30(12-9-27-22)23(14-19(3)4)25(33)29-11-7-26(15-20(29)5)34-16-21(17-35-26)31-10-6-8-28-31/h6,8,10,18-23,27H,7,9,11-17H2,1-5H3/t20-,21?,22-,23?,26?/m0/s1. The van der Waals surface area contributed by atoms with E-state index < -0.39 is 11.8 Å². The SMILES string of the molecule is CC(C)CC(C(=O)N1CCC2(C[C@@H]1C)OCC(n1cccn1)CO2)N1CCN[C@@H](CC(C)C)C1=O. The number of nitrogens with zero attached hydrogens (tertiary/aromatic N) is 4. The molecule has 3 saturated heterocycles. The Morgan fingerprint density at radius 2 is 1.94 bits per heavy atom. The average molecular weight is 490 g/mol. The number of aromatic nitrogens is 2. The number of nitrogens with one attached hydrogen (secondary N) is 1. The molecule has 35 heavy (non-hydrogen) atoms. The zero-order valence-electron chi connectivity index (χ0n) is 22.0. The monoisotopic (exact) mass is 489 g/mol. The first-order chi connectivity index (χ1) is 16.7. The van der Waals surface area contributed by atoms with Gasteiger partial charge in [-0.1, -0.05) is 27.7 Å². The van der Waals surface area contributed by atoms with Crippen LogP contribution >= 0.6 is 0 Å². The fourth-order valence-corrected chi connectivity index (χ4v) is 5.72. The molecule has 3 fully saturated rings. The second-order valence-corrected chi connectivity index (χ2v) is 11.3. The molecule has 3 atom stereocenters. The predicted octanol–water partition coefficient (Wildman–Crippen LogP) is 2.44. The van der Waals surface area contributed by atoms with E-state index in [1.165, 1.54) is 0 Å². The molecule has 0 saturated carbocycles. The summed E-state index contributed by atoms with van der Waals surface area (Å²) in [4.78, 5) is 31.1. The highest BCUT2D eigenvalue weighted by atomic mass is 16.7. The summed E-state index contributed by atoms with van der Waals surface area (Å²) in [7, 11) is 0. The second-order valence-electron chi connectivity index (χ2n) is 11.3. The van der Waals surface area contributed by atoms with E-state index in [1.54, 1.807) is 6.20 Å². The van der Waals surface area contributed by atoms with Gasteiger partial charge in [-0.05, 0) is 37.7 Å². The van der Waals surface area contributed by atoms with E-state index in [-0.39, 0.29) is 29.9 Å². The van der Waals surface area contributed by atoms with Crippen LogP contribution in [0.15, 0.2) is 18.5 Å². The zero-order valence-corrected chi connectivity index (χ0v) is 22.0. The van der Waals surface area contributed by atoms with Crippen LogP contribution in [-0.2, 0) is 19.1 Å². The van der Waals surface area contributed by atoms with E-state index in [1.807, 2.05) is 26.7 Å². The number of piperidine rings is 1. The van der Waals surface area contributed by atoms with Crippen molar-refractivity contribution in [2.24, 2.45) is 11.8 Å². The minimum absolute atomic E-state index is 0.0309. The van der Waals surface area contributed by atoms with E-state index in [9.17, 15) is 9.59 Å². The van der Waals surface area contributed by atoms with E-state index in [2.05, 4.69) is 45.0 Å². The fraction of sp³-hybridized carbons (Fsp3) is 0.808. The number of carbonyl (C=O) groups excluding carboxylic acids is 2. The number of rotatable bonds is 7. The first kappa shape index (κ1) is 26.1. The topological polar surface area (TPSA) is 88.9 Å². The van der Waals surface area contributed by atoms with Gasteiger partial charge < -0.3 is 24.6 Å². The van der Waals surface area contributed by atoms with Gasteiger partial charge in [-0.25, -0.2) is 0 Å². The Bertz CT molecular complexity index is 850. The zero-order chi connectivity index (χ0) is 25.2. The third-order valence-electron chi connectivity index (χ3n) is 7.52. The first-order valence-corrected chi connectivity index (χ1v) is 13.3. The molecule has 1 aromatic heterocycles. The second kappa shape index (κ2) is 11.0. The lowest BCUT2D eigenvalue weighted by Gasteiger charge is -2.49. The van der Waals surface area contributed by atoms with Crippen molar-refractivity contribution in [3.8, 4) is 0 Å². The van der Waals surface area contributed by atoms with Gasteiger partial charge in [0.1, 0.15) is 6.04 Å². The normalized spacial score (nSPS) is 30.9. The highest BCUT2D eigenvalue weighted by molar-refractivity contribution is 5.90. The van der Waals surface area contributed by atoms with Crippen molar-refractivity contribution in [3.63, 3.8) is 0 Å². The summed E-state index contributed by atoms with van der Waals surface area (Å²) < 4.78 is 14.4. The lowest BCUT2D eigenvalue weighted by molar-refractivity contribution is -0.300. The van der Waals surface area contributed by atoms with Gasteiger partial charge in [0.15, 0.2) is 5.79 Å². The quantitative estimate of drug-likeness (QED) is 0.633. The molecule has 1 spiro atoms. The maximum absolute atomic E-state index is 13.9. The Hall–Kier alpha value is -1.97. The maximum Gasteiger partial charge on any atom is 0.245 e. The molecule has 2 amide bonds. The van der Waals surface area contributed by atoms with Crippen LogP contribution in [0.4, 0.5) is 0 Å². The fourth-order valence-electron chi connectivity index (χ4n) is 5.72. The lowest BCUT2D eigenvalue weighted by atomic mass is 9.92. The third kappa shape index (κ3) is 5.89. The van der Waals surface area contributed by atoms with Gasteiger partial charge in [0, 0.05) is 50.9 Å². The van der Waals surface area contributed by atoms with Crippen LogP contribution in [0.1, 0.15) is 66.3 Å². The summed E-state index contributed by atoms with van der Waals surface area (Å²) in [5.74, 6) is 0.197. The number of piperazine rings is 1. The van der Waals surface area contributed by atoms with Crippen LogP contribution in [0, 0.1) is 11.8 Å². The van der Waals surface area contributed by atoms with Crippen molar-refractivity contribution < 1.29 is 19.1 Å². The molecule has 3 aliphatic heterocycles. The maximum atomic E-state index is 13.9. The summed E-state index contributed by atoms with van der Waals surface area (Å²) in [5, 5.41) is 7.67. The molecule has 196 valence electrons. The van der Waals surface area contributed by atoms with Gasteiger partial charge in [0.2, 0.25) is 11.8 Å². The predicted molar refractivity (Wildman–Crippen MR) is 133 cm³/mol. The average Bonchev–Trinajstić information content (AvgIpc) is 3.34. The Morgan fingerprint density at radius 1 is 1.20 bits per heavy atom. The molecule has 0 aliphatic carbocycles. The van der Waals surface area contributed by atoms with Gasteiger partial charge in [-0.15, -0.1) is 0 Å². The van der Waals surface area contributed by atoms with Crippen molar-refractivity contribution in [1.82, 2.24) is 24.9 Å². The number of ether oxygens (including phenoxy) is 2. The van der Waals surface area contributed by atoms with Gasteiger partial charge in [-0.2, -0.15) is 5.10 Å². The number of likely N-dealkylation sites (tertiary alicyclic amines) is 1. The largest absolute Gasteiger partial charge is 0.347 e. The first-order valence-electron chi connectivity index (χ1n) is 13.3. The van der Waals surface area contributed by atoms with Crippen LogP contribution < -0.4 is 5.32 Å². The molecule has 0 bridgehead atoms. The Balaban J connectivity index is 1.42. The lowest BCUT2D eigenvalue weighted by Crippen LogP contribution is -2.64. The molecule has 1 N–H and O–H groups in total. The van der Waals surface area contributed by atoms with Gasteiger partial charge in [-0.3, -0.25) is 14.3 Å². The van der Waals surface area contributed by atoms with Gasteiger partial charge in [0.05, 0.1) is 25.3 Å². The minimum Gasteiger partial charge on any atom is -0.347 e. The van der Waals surface area contributed by atoms with Crippen LogP contribution in [0.5, 0.6) is 0 Å². The molecule has 1 aromatic rings. The van der Waals surface area contributed by atoms with Crippen LogP contribution in [0.3, 0.4) is 0 Å². The molecule has 9 nitrogen and oxygen atoms in total. The highest BCUT2D eigenvalue weighted by Crippen LogP contribution is 2.36. The van der Waals surface area contributed by atoms with Gasteiger partial charge in [0.25, 0.3) is 0 Å². The molecule has 4 rings (SSSR count). The van der Waals surface area contributed by atoms with E-state index in [4.69, 9.17) is 9.47 Å². The highest BCUT2D eigenvalue weighted by Gasteiger charge is 2.47. The van der Waals surface area contributed by atoms with Crippen molar-refractivity contribution in [1.29, 1.82) is 0 Å². The molecule has 0 radical (unpaired) electrons. The van der Waals surface area contributed by atoms with Crippen LogP contribution in [0.25, 0.3) is 0 Å². The minimum atomic E-state index is -0.652. The van der Waals surface area contributed by atoms with E-state index in [0.29, 0.717) is 57.4 Å². The number of hydrogen-bond acceptors (Lipinski definition) is 6. The molecule has 1 unspecified atom stereocenters. The molecular formula is C26H43N5O4.